The molecule has 0 aromatic heterocycles. The van der Waals surface area contributed by atoms with Crippen LogP contribution in [0.5, 0.6) is 5.75 Å². The van der Waals surface area contributed by atoms with Gasteiger partial charge in [-0.1, -0.05) is 31.2 Å². The van der Waals surface area contributed by atoms with Crippen LogP contribution >= 0.6 is 0 Å². The highest BCUT2D eigenvalue weighted by Crippen LogP contribution is 2.33. The van der Waals surface area contributed by atoms with Gasteiger partial charge in [-0.05, 0) is 35.4 Å². The minimum Gasteiger partial charge on any atom is -0.497 e. The summed E-state index contributed by atoms with van der Waals surface area (Å²) >= 11 is 0. The maximum atomic E-state index is 5.21. The summed E-state index contributed by atoms with van der Waals surface area (Å²) in [6.07, 6.45) is 12.8. The Kier molecular flexibility index (Phi) is 3.00. The second kappa shape index (κ2) is 4.81. The molecule has 0 bridgehead atoms. The summed E-state index contributed by atoms with van der Waals surface area (Å²) in [5, 5.41) is 0. The van der Waals surface area contributed by atoms with Gasteiger partial charge in [-0.15, -0.1) is 0 Å². The summed E-state index contributed by atoms with van der Waals surface area (Å²) in [7, 11) is 1.69. The molecule has 2 aliphatic heterocycles. The lowest BCUT2D eigenvalue weighted by atomic mass is 9.91. The van der Waals surface area contributed by atoms with Crippen molar-refractivity contribution in [1.29, 1.82) is 0 Å². The first kappa shape index (κ1) is 11.8. The second-order valence-electron chi connectivity index (χ2n) is 4.80. The Balaban J connectivity index is 1.94. The Morgan fingerprint density at radius 2 is 1.89 bits per heavy atom. The van der Waals surface area contributed by atoms with Gasteiger partial charge in [0.1, 0.15) is 5.75 Å². The highest BCUT2D eigenvalue weighted by molar-refractivity contribution is 5.71. The monoisotopic (exact) mass is 251 g/mol. The van der Waals surface area contributed by atoms with E-state index in [9.17, 15) is 0 Å². The zero-order valence-corrected chi connectivity index (χ0v) is 11.2. The van der Waals surface area contributed by atoms with Crippen LogP contribution in [-0.2, 0) is 0 Å². The molecule has 96 valence electrons. The van der Waals surface area contributed by atoms with Crippen molar-refractivity contribution in [3.8, 4) is 5.75 Å². The minimum absolute atomic E-state index is 0.413. The molecule has 2 heterocycles. The predicted molar refractivity (Wildman–Crippen MR) is 78.3 cm³/mol. The van der Waals surface area contributed by atoms with E-state index >= 15 is 0 Å². The molecule has 0 saturated heterocycles. The number of allylic oxidation sites excluding steroid dienone is 5. The smallest absolute Gasteiger partial charge is 0.118 e. The van der Waals surface area contributed by atoms with E-state index in [1.807, 2.05) is 12.1 Å². The molecule has 1 aromatic rings. The highest BCUT2D eigenvalue weighted by Gasteiger charge is 2.18. The molecular formula is C17H17NO. The van der Waals surface area contributed by atoms with E-state index in [0.717, 1.165) is 5.75 Å². The predicted octanol–water partition coefficient (Wildman–Crippen LogP) is 3.96. The molecule has 0 radical (unpaired) electrons. The molecule has 1 aromatic carbocycles. The standard InChI is InChI=1S/C17H17NO/c1-13-11-15-5-3-4-10-18(15)12-17(13)14-6-8-16(19-2)9-7-14/h3-13H,1-2H3/t13-/m1/s1. The average molecular weight is 251 g/mol. The van der Waals surface area contributed by atoms with Crippen LogP contribution in [0.3, 0.4) is 0 Å². The van der Waals surface area contributed by atoms with Crippen LogP contribution < -0.4 is 4.74 Å². The largest absolute Gasteiger partial charge is 0.497 e. The first-order chi connectivity index (χ1) is 9.28. The fourth-order valence-corrected chi connectivity index (χ4v) is 2.46. The molecule has 0 saturated carbocycles. The molecule has 2 aliphatic rings. The summed E-state index contributed by atoms with van der Waals surface area (Å²) < 4.78 is 5.21. The van der Waals surface area contributed by atoms with Crippen LogP contribution in [0.2, 0.25) is 0 Å². The topological polar surface area (TPSA) is 12.5 Å². The number of hydrogen-bond acceptors (Lipinski definition) is 2. The van der Waals surface area contributed by atoms with E-state index in [1.165, 1.54) is 16.8 Å². The van der Waals surface area contributed by atoms with Crippen LogP contribution in [0.25, 0.3) is 5.57 Å². The molecule has 0 amide bonds. The van der Waals surface area contributed by atoms with Gasteiger partial charge in [0.05, 0.1) is 7.11 Å². The third-order valence-corrected chi connectivity index (χ3v) is 3.54. The van der Waals surface area contributed by atoms with Gasteiger partial charge < -0.3 is 9.64 Å². The molecule has 1 atom stereocenters. The molecule has 0 spiro atoms. The fourth-order valence-electron chi connectivity index (χ4n) is 2.46. The maximum Gasteiger partial charge on any atom is 0.118 e. The van der Waals surface area contributed by atoms with Crippen molar-refractivity contribution >= 4 is 5.57 Å². The van der Waals surface area contributed by atoms with Gasteiger partial charge in [-0.2, -0.15) is 0 Å². The summed E-state index contributed by atoms with van der Waals surface area (Å²) in [5.74, 6) is 1.31. The Bertz CT molecular complexity index is 590. The molecule has 0 fully saturated rings. The van der Waals surface area contributed by atoms with Gasteiger partial charge >= 0.3 is 0 Å². The lowest BCUT2D eigenvalue weighted by molar-refractivity contribution is 0.415. The van der Waals surface area contributed by atoms with Crippen LogP contribution in [0.1, 0.15) is 12.5 Å². The molecular weight excluding hydrogens is 234 g/mol. The Hall–Kier alpha value is -2.22. The molecule has 0 unspecified atom stereocenters. The van der Waals surface area contributed by atoms with Gasteiger partial charge in [0.2, 0.25) is 0 Å². The highest BCUT2D eigenvalue weighted by atomic mass is 16.5. The van der Waals surface area contributed by atoms with Gasteiger partial charge in [0, 0.05) is 24.0 Å². The van der Waals surface area contributed by atoms with Crippen molar-refractivity contribution in [2.45, 2.75) is 6.92 Å². The van der Waals surface area contributed by atoms with Gasteiger partial charge in [0.25, 0.3) is 0 Å². The number of nitrogens with zero attached hydrogens (tertiary/aromatic N) is 1. The van der Waals surface area contributed by atoms with Crippen LogP contribution in [0, 0.1) is 5.92 Å². The lowest BCUT2D eigenvalue weighted by Crippen LogP contribution is -2.17. The van der Waals surface area contributed by atoms with E-state index in [4.69, 9.17) is 4.74 Å². The van der Waals surface area contributed by atoms with Crippen molar-refractivity contribution < 1.29 is 4.74 Å². The number of methoxy groups -OCH3 is 1. The maximum absolute atomic E-state index is 5.21. The zero-order chi connectivity index (χ0) is 13.2. The van der Waals surface area contributed by atoms with E-state index in [2.05, 4.69) is 60.7 Å². The molecule has 3 rings (SSSR count). The van der Waals surface area contributed by atoms with Gasteiger partial charge in [0.15, 0.2) is 0 Å². The quantitative estimate of drug-likeness (QED) is 0.789. The third-order valence-electron chi connectivity index (χ3n) is 3.54. The average Bonchev–Trinajstić information content (AvgIpc) is 2.47. The van der Waals surface area contributed by atoms with Crippen molar-refractivity contribution in [3.05, 3.63) is 72.2 Å². The number of fused-ring (bicyclic) bond motifs is 1. The van der Waals surface area contributed by atoms with Crippen LogP contribution in [0.4, 0.5) is 0 Å². The van der Waals surface area contributed by atoms with E-state index in [1.54, 1.807) is 7.11 Å². The van der Waals surface area contributed by atoms with Crippen molar-refractivity contribution in [1.82, 2.24) is 4.90 Å². The fraction of sp³-hybridized carbons (Fsp3) is 0.176. The van der Waals surface area contributed by atoms with Crippen molar-refractivity contribution in [2.75, 3.05) is 7.11 Å². The molecule has 2 heteroatoms. The Morgan fingerprint density at radius 3 is 2.63 bits per heavy atom. The minimum atomic E-state index is 0.413. The second-order valence-corrected chi connectivity index (χ2v) is 4.80. The number of ether oxygens (including phenoxy) is 1. The van der Waals surface area contributed by atoms with Gasteiger partial charge in [-0.25, -0.2) is 0 Å². The van der Waals surface area contributed by atoms with Crippen LogP contribution in [-0.4, -0.2) is 12.0 Å². The van der Waals surface area contributed by atoms with Gasteiger partial charge in [-0.3, -0.25) is 0 Å². The van der Waals surface area contributed by atoms with E-state index < -0.39 is 0 Å². The summed E-state index contributed by atoms with van der Waals surface area (Å²) in [6, 6.07) is 8.25. The van der Waals surface area contributed by atoms with E-state index in [0.29, 0.717) is 5.92 Å². The SMILES string of the molecule is COc1ccc(C2=CN3C=CC=CC3=C[C@H]2C)cc1. The van der Waals surface area contributed by atoms with Crippen molar-refractivity contribution in [2.24, 2.45) is 5.92 Å². The summed E-state index contributed by atoms with van der Waals surface area (Å²) in [6.45, 7) is 2.23. The molecule has 2 nitrogen and oxygen atoms in total. The number of benzene rings is 1. The molecule has 19 heavy (non-hydrogen) atoms. The third kappa shape index (κ3) is 2.22. The van der Waals surface area contributed by atoms with Crippen molar-refractivity contribution in [3.63, 3.8) is 0 Å². The number of hydrogen-bond donors (Lipinski definition) is 0. The number of rotatable bonds is 2. The zero-order valence-electron chi connectivity index (χ0n) is 11.2. The lowest BCUT2D eigenvalue weighted by Gasteiger charge is -2.29. The first-order valence-corrected chi connectivity index (χ1v) is 6.49. The molecule has 0 aliphatic carbocycles. The molecule has 0 N–H and O–H groups in total. The summed E-state index contributed by atoms with van der Waals surface area (Å²) in [4.78, 5) is 2.17. The Labute approximate surface area is 114 Å². The van der Waals surface area contributed by atoms with E-state index in [-0.39, 0.29) is 0 Å². The normalized spacial score (nSPS) is 20.7. The van der Waals surface area contributed by atoms with Crippen LogP contribution in [0.15, 0.2) is 66.7 Å². The first-order valence-electron chi connectivity index (χ1n) is 6.49. The Morgan fingerprint density at radius 1 is 1.11 bits per heavy atom. The summed E-state index contributed by atoms with van der Waals surface area (Å²) in [5.41, 5.74) is 3.81.